The first kappa shape index (κ1) is 14.7. The number of methoxy groups -OCH3 is 1. The Kier molecular flexibility index (Phi) is 4.20. The van der Waals surface area contributed by atoms with Crippen LogP contribution in [0.3, 0.4) is 0 Å². The van der Waals surface area contributed by atoms with Gasteiger partial charge in [0.2, 0.25) is 0 Å². The SMILES string of the molecule is COC1(C(F)(F)F)CCN(C(=O)OC(C)=N)CC1. The minimum Gasteiger partial charge on any atom is -0.396 e. The molecule has 1 heterocycles. The molecular weight excluding hydrogens is 253 g/mol. The first-order valence-electron chi connectivity index (χ1n) is 5.35. The summed E-state index contributed by atoms with van der Waals surface area (Å²) in [7, 11) is 1.02. The van der Waals surface area contributed by atoms with E-state index in [0.717, 1.165) is 12.0 Å². The molecule has 0 aromatic heterocycles. The van der Waals surface area contributed by atoms with Gasteiger partial charge in [0.25, 0.3) is 0 Å². The zero-order valence-electron chi connectivity index (χ0n) is 10.1. The summed E-state index contributed by atoms with van der Waals surface area (Å²) in [4.78, 5) is 12.5. The van der Waals surface area contributed by atoms with Crippen LogP contribution in [0.1, 0.15) is 19.8 Å². The second-order valence-electron chi connectivity index (χ2n) is 4.11. The fourth-order valence-corrected chi connectivity index (χ4v) is 1.85. The van der Waals surface area contributed by atoms with Gasteiger partial charge in [-0.25, -0.2) is 4.79 Å². The third-order valence-corrected chi connectivity index (χ3v) is 2.98. The molecule has 104 valence electrons. The van der Waals surface area contributed by atoms with Crippen LogP contribution in [0.4, 0.5) is 18.0 Å². The van der Waals surface area contributed by atoms with Gasteiger partial charge in [0.15, 0.2) is 11.5 Å². The number of piperidine rings is 1. The van der Waals surface area contributed by atoms with Crippen LogP contribution in [0.5, 0.6) is 0 Å². The van der Waals surface area contributed by atoms with Gasteiger partial charge >= 0.3 is 12.3 Å². The van der Waals surface area contributed by atoms with E-state index in [-0.39, 0.29) is 31.8 Å². The number of hydrogen-bond donors (Lipinski definition) is 1. The van der Waals surface area contributed by atoms with E-state index in [0.29, 0.717) is 0 Å². The minimum atomic E-state index is -4.46. The second-order valence-corrected chi connectivity index (χ2v) is 4.11. The first-order chi connectivity index (χ1) is 8.22. The summed E-state index contributed by atoms with van der Waals surface area (Å²) in [5.74, 6) is -0.292. The molecule has 0 saturated carbocycles. The predicted molar refractivity (Wildman–Crippen MR) is 56.5 cm³/mol. The van der Waals surface area contributed by atoms with Crippen molar-refractivity contribution in [2.24, 2.45) is 0 Å². The minimum absolute atomic E-state index is 0.112. The number of halogens is 3. The van der Waals surface area contributed by atoms with Crippen LogP contribution in [0, 0.1) is 5.41 Å². The molecule has 1 fully saturated rings. The third-order valence-electron chi connectivity index (χ3n) is 2.98. The quantitative estimate of drug-likeness (QED) is 0.585. The molecule has 0 radical (unpaired) electrons. The van der Waals surface area contributed by atoms with E-state index >= 15 is 0 Å². The molecule has 0 aromatic rings. The van der Waals surface area contributed by atoms with Gasteiger partial charge in [-0.3, -0.25) is 5.41 Å². The molecule has 0 aromatic carbocycles. The third kappa shape index (κ3) is 2.92. The molecule has 8 heteroatoms. The number of nitrogens with one attached hydrogen (secondary N) is 1. The number of alkyl halides is 3. The van der Waals surface area contributed by atoms with Crippen LogP contribution in [0.25, 0.3) is 0 Å². The molecule has 0 unspecified atom stereocenters. The maximum absolute atomic E-state index is 12.8. The molecule has 0 spiro atoms. The molecule has 0 atom stereocenters. The Morgan fingerprint density at radius 1 is 1.33 bits per heavy atom. The lowest BCUT2D eigenvalue weighted by Crippen LogP contribution is -2.55. The van der Waals surface area contributed by atoms with E-state index in [1.807, 2.05) is 0 Å². The normalized spacial score (nSPS) is 19.5. The Labute approximate surface area is 102 Å². The maximum atomic E-state index is 12.8. The van der Waals surface area contributed by atoms with E-state index in [2.05, 4.69) is 9.47 Å². The van der Waals surface area contributed by atoms with E-state index < -0.39 is 17.9 Å². The van der Waals surface area contributed by atoms with Crippen molar-refractivity contribution in [3.8, 4) is 0 Å². The zero-order valence-corrected chi connectivity index (χ0v) is 10.1. The topological polar surface area (TPSA) is 62.6 Å². The molecule has 1 aliphatic rings. The summed E-state index contributed by atoms with van der Waals surface area (Å²) in [6.07, 6.45) is -5.93. The molecule has 1 rings (SSSR count). The number of nitrogens with zero attached hydrogens (tertiary/aromatic N) is 1. The lowest BCUT2D eigenvalue weighted by Gasteiger charge is -2.41. The number of hydrogen-bond acceptors (Lipinski definition) is 4. The van der Waals surface area contributed by atoms with E-state index in [4.69, 9.17) is 5.41 Å². The Bertz CT molecular complexity index is 336. The highest BCUT2D eigenvalue weighted by Gasteiger charge is 2.56. The van der Waals surface area contributed by atoms with Crippen molar-refractivity contribution in [3.63, 3.8) is 0 Å². The Morgan fingerprint density at radius 2 is 1.83 bits per heavy atom. The predicted octanol–water partition coefficient (Wildman–Crippen LogP) is 2.16. The fraction of sp³-hybridized carbons (Fsp3) is 0.800. The zero-order chi connectivity index (χ0) is 14.0. The van der Waals surface area contributed by atoms with Crippen LogP contribution >= 0.6 is 0 Å². The highest BCUT2D eigenvalue weighted by molar-refractivity contribution is 5.84. The average molecular weight is 268 g/mol. The van der Waals surface area contributed by atoms with Gasteiger partial charge < -0.3 is 14.4 Å². The lowest BCUT2D eigenvalue weighted by molar-refractivity contribution is -0.281. The van der Waals surface area contributed by atoms with Crippen molar-refractivity contribution >= 4 is 12.0 Å². The van der Waals surface area contributed by atoms with Crippen LogP contribution in [-0.4, -0.2) is 48.9 Å². The van der Waals surface area contributed by atoms with Gasteiger partial charge in [0.05, 0.1) is 0 Å². The Hall–Kier alpha value is -1.31. The van der Waals surface area contributed by atoms with Crippen molar-refractivity contribution in [1.29, 1.82) is 5.41 Å². The standard InChI is InChI=1S/C10H15F3N2O3/c1-7(14)18-8(16)15-5-3-9(17-2,4-6-15)10(11,12)13/h14H,3-6H2,1-2H3. The van der Waals surface area contributed by atoms with Crippen molar-refractivity contribution in [2.45, 2.75) is 31.5 Å². The number of ether oxygens (including phenoxy) is 2. The van der Waals surface area contributed by atoms with Gasteiger partial charge in [-0.1, -0.05) is 0 Å². The van der Waals surface area contributed by atoms with Gasteiger partial charge in [-0.05, 0) is 0 Å². The molecule has 1 aliphatic heterocycles. The summed E-state index contributed by atoms with van der Waals surface area (Å²) in [6.45, 7) is 1.05. The number of likely N-dealkylation sites (tertiary alicyclic amines) is 1. The lowest BCUT2D eigenvalue weighted by atomic mass is 9.90. The molecule has 5 nitrogen and oxygen atoms in total. The molecular formula is C10H15F3N2O3. The molecule has 18 heavy (non-hydrogen) atoms. The van der Waals surface area contributed by atoms with Gasteiger partial charge in [0, 0.05) is 40.0 Å². The number of carbonyl (C=O) groups is 1. The van der Waals surface area contributed by atoms with Crippen molar-refractivity contribution in [2.75, 3.05) is 20.2 Å². The van der Waals surface area contributed by atoms with Crippen molar-refractivity contribution < 1.29 is 27.4 Å². The van der Waals surface area contributed by atoms with E-state index in [1.165, 1.54) is 6.92 Å². The highest BCUT2D eigenvalue weighted by Crippen LogP contribution is 2.41. The molecule has 1 amide bonds. The maximum Gasteiger partial charge on any atom is 0.417 e. The largest absolute Gasteiger partial charge is 0.417 e. The number of rotatable bonds is 1. The molecule has 1 N–H and O–H groups in total. The average Bonchev–Trinajstić information content (AvgIpc) is 2.26. The molecule has 0 aliphatic carbocycles. The monoisotopic (exact) mass is 268 g/mol. The van der Waals surface area contributed by atoms with Crippen molar-refractivity contribution in [3.05, 3.63) is 0 Å². The first-order valence-corrected chi connectivity index (χ1v) is 5.35. The van der Waals surface area contributed by atoms with Gasteiger partial charge in [-0.15, -0.1) is 0 Å². The highest BCUT2D eigenvalue weighted by atomic mass is 19.4. The summed E-state index contributed by atoms with van der Waals surface area (Å²) in [5, 5.41) is 6.98. The number of amides is 1. The summed E-state index contributed by atoms with van der Waals surface area (Å²) < 4.78 is 47.7. The molecule has 1 saturated heterocycles. The Balaban J connectivity index is 2.65. The van der Waals surface area contributed by atoms with Crippen LogP contribution < -0.4 is 0 Å². The van der Waals surface area contributed by atoms with Gasteiger partial charge in [-0.2, -0.15) is 13.2 Å². The van der Waals surface area contributed by atoms with Crippen LogP contribution in [0.15, 0.2) is 0 Å². The van der Waals surface area contributed by atoms with Crippen LogP contribution in [0.2, 0.25) is 0 Å². The van der Waals surface area contributed by atoms with Crippen LogP contribution in [-0.2, 0) is 9.47 Å². The van der Waals surface area contributed by atoms with E-state index in [9.17, 15) is 18.0 Å². The second kappa shape index (κ2) is 5.13. The summed E-state index contributed by atoms with van der Waals surface area (Å²) in [6, 6.07) is 0. The smallest absolute Gasteiger partial charge is 0.396 e. The van der Waals surface area contributed by atoms with Gasteiger partial charge in [0.1, 0.15) is 0 Å². The van der Waals surface area contributed by atoms with Crippen molar-refractivity contribution in [1.82, 2.24) is 4.90 Å². The van der Waals surface area contributed by atoms with E-state index in [1.54, 1.807) is 0 Å². The number of carbonyl (C=O) groups excluding carboxylic acids is 1. The fourth-order valence-electron chi connectivity index (χ4n) is 1.85. The summed E-state index contributed by atoms with van der Waals surface area (Å²) in [5.41, 5.74) is -2.19. The molecule has 0 bridgehead atoms. The Morgan fingerprint density at radius 3 is 2.17 bits per heavy atom. The summed E-state index contributed by atoms with van der Waals surface area (Å²) >= 11 is 0.